The number of nitrogens with zero attached hydrogens (tertiary/aromatic N) is 3. The summed E-state index contributed by atoms with van der Waals surface area (Å²) in [6, 6.07) is 9.74. The lowest BCUT2D eigenvalue weighted by atomic mass is 9.75. The fourth-order valence-corrected chi connectivity index (χ4v) is 3.67. The van der Waals surface area contributed by atoms with Crippen molar-refractivity contribution in [2.75, 3.05) is 26.3 Å². The van der Waals surface area contributed by atoms with Crippen molar-refractivity contribution in [2.45, 2.75) is 32.7 Å². The Morgan fingerprint density at radius 3 is 2.59 bits per heavy atom. The fourth-order valence-electron chi connectivity index (χ4n) is 3.67. The topological polar surface area (TPSA) is 56.6 Å². The number of rotatable bonds is 8. The van der Waals surface area contributed by atoms with Gasteiger partial charge in [-0.2, -0.15) is 5.10 Å². The molecule has 0 bridgehead atoms. The molecular formula is C21H29N3O3. The van der Waals surface area contributed by atoms with E-state index in [1.54, 1.807) is 0 Å². The first-order valence-electron chi connectivity index (χ1n) is 9.66. The van der Waals surface area contributed by atoms with E-state index < -0.39 is 5.41 Å². The van der Waals surface area contributed by atoms with Crippen LogP contribution in [0.25, 0.3) is 0 Å². The second-order valence-corrected chi connectivity index (χ2v) is 7.21. The number of esters is 1. The van der Waals surface area contributed by atoms with Gasteiger partial charge in [0, 0.05) is 25.4 Å². The Morgan fingerprint density at radius 2 is 1.96 bits per heavy atom. The molecule has 1 aliphatic heterocycles. The van der Waals surface area contributed by atoms with Crippen LogP contribution in [0, 0.1) is 5.41 Å². The molecule has 0 aliphatic carbocycles. The number of piperidine rings is 1. The number of likely N-dealkylation sites (tertiary alicyclic amines) is 1. The van der Waals surface area contributed by atoms with Gasteiger partial charge in [-0.25, -0.2) is 0 Å². The zero-order valence-corrected chi connectivity index (χ0v) is 16.3. The molecule has 3 rings (SSSR count). The molecule has 146 valence electrons. The van der Waals surface area contributed by atoms with E-state index in [4.69, 9.17) is 9.47 Å². The van der Waals surface area contributed by atoms with Gasteiger partial charge in [0.15, 0.2) is 0 Å². The maximum atomic E-state index is 12.7. The molecule has 0 spiro atoms. The van der Waals surface area contributed by atoms with Gasteiger partial charge in [-0.1, -0.05) is 18.2 Å². The van der Waals surface area contributed by atoms with Crippen LogP contribution < -0.4 is 4.74 Å². The molecule has 1 aromatic carbocycles. The van der Waals surface area contributed by atoms with Crippen LogP contribution in [0.1, 0.15) is 31.7 Å². The van der Waals surface area contributed by atoms with Crippen molar-refractivity contribution < 1.29 is 14.3 Å². The summed E-state index contributed by atoms with van der Waals surface area (Å²) < 4.78 is 13.1. The van der Waals surface area contributed by atoms with Gasteiger partial charge in [-0.05, 0) is 51.4 Å². The van der Waals surface area contributed by atoms with Gasteiger partial charge >= 0.3 is 5.97 Å². The molecule has 0 atom stereocenters. The average molecular weight is 371 g/mol. The second kappa shape index (κ2) is 9.04. The Kier molecular flexibility index (Phi) is 6.50. The molecule has 0 unspecified atom stereocenters. The SMILES string of the molecule is CCOC(=O)C1(CCOc2ccccc2)CCN(Cc2cnn(C)c2)CC1. The quantitative estimate of drug-likeness (QED) is 0.668. The lowest BCUT2D eigenvalue weighted by molar-refractivity contribution is -0.159. The number of hydrogen-bond acceptors (Lipinski definition) is 5. The van der Waals surface area contributed by atoms with Gasteiger partial charge in [0.25, 0.3) is 0 Å². The first-order chi connectivity index (χ1) is 13.1. The van der Waals surface area contributed by atoms with Crippen LogP contribution in [0.15, 0.2) is 42.7 Å². The van der Waals surface area contributed by atoms with Gasteiger partial charge in [0.2, 0.25) is 0 Å². The smallest absolute Gasteiger partial charge is 0.312 e. The van der Waals surface area contributed by atoms with E-state index >= 15 is 0 Å². The Labute approximate surface area is 161 Å². The van der Waals surface area contributed by atoms with Crippen molar-refractivity contribution in [1.29, 1.82) is 0 Å². The van der Waals surface area contributed by atoms with Crippen molar-refractivity contribution in [1.82, 2.24) is 14.7 Å². The summed E-state index contributed by atoms with van der Waals surface area (Å²) in [6.07, 6.45) is 6.22. The average Bonchev–Trinajstić information content (AvgIpc) is 3.09. The largest absolute Gasteiger partial charge is 0.494 e. The number of aryl methyl sites for hydroxylation is 1. The minimum absolute atomic E-state index is 0.0808. The van der Waals surface area contributed by atoms with Gasteiger partial charge in [-0.3, -0.25) is 14.4 Å². The van der Waals surface area contributed by atoms with Crippen molar-refractivity contribution >= 4 is 5.97 Å². The monoisotopic (exact) mass is 371 g/mol. The second-order valence-electron chi connectivity index (χ2n) is 7.21. The third-order valence-electron chi connectivity index (χ3n) is 5.28. The van der Waals surface area contributed by atoms with Crippen LogP contribution in [0.2, 0.25) is 0 Å². The first kappa shape index (κ1) is 19.4. The first-order valence-corrected chi connectivity index (χ1v) is 9.66. The lowest BCUT2D eigenvalue weighted by Crippen LogP contribution is -2.45. The summed E-state index contributed by atoms with van der Waals surface area (Å²) in [4.78, 5) is 15.1. The summed E-state index contributed by atoms with van der Waals surface area (Å²) in [5.41, 5.74) is 0.754. The molecule has 0 N–H and O–H groups in total. The molecule has 27 heavy (non-hydrogen) atoms. The summed E-state index contributed by atoms with van der Waals surface area (Å²) in [7, 11) is 1.93. The third-order valence-corrected chi connectivity index (χ3v) is 5.28. The summed E-state index contributed by atoms with van der Waals surface area (Å²) in [5, 5.41) is 4.23. The molecule has 6 nitrogen and oxygen atoms in total. The summed E-state index contributed by atoms with van der Waals surface area (Å²) >= 11 is 0. The Balaban J connectivity index is 1.57. The van der Waals surface area contributed by atoms with E-state index in [2.05, 4.69) is 10.00 Å². The lowest BCUT2D eigenvalue weighted by Gasteiger charge is -2.39. The normalized spacial score (nSPS) is 16.8. The molecule has 1 saturated heterocycles. The molecule has 0 radical (unpaired) electrons. The van der Waals surface area contributed by atoms with Crippen molar-refractivity contribution in [3.63, 3.8) is 0 Å². The van der Waals surface area contributed by atoms with E-state index in [0.717, 1.165) is 38.2 Å². The number of hydrogen-bond donors (Lipinski definition) is 0. The van der Waals surface area contributed by atoms with Crippen LogP contribution in [-0.4, -0.2) is 47.0 Å². The van der Waals surface area contributed by atoms with Crippen LogP contribution >= 0.6 is 0 Å². The summed E-state index contributed by atoms with van der Waals surface area (Å²) in [6.45, 7) is 5.42. The number of para-hydroxylation sites is 1. The highest BCUT2D eigenvalue weighted by Crippen LogP contribution is 2.37. The molecule has 1 aromatic heterocycles. The standard InChI is InChI=1S/C21H29N3O3/c1-3-26-20(25)21(11-14-27-19-7-5-4-6-8-19)9-12-24(13-10-21)17-18-15-22-23(2)16-18/h4-8,15-16H,3,9-14,17H2,1-2H3. The maximum Gasteiger partial charge on any atom is 0.312 e. The molecule has 1 fully saturated rings. The minimum atomic E-state index is -0.448. The summed E-state index contributed by atoms with van der Waals surface area (Å²) in [5.74, 6) is 0.758. The number of benzene rings is 1. The van der Waals surface area contributed by atoms with E-state index in [0.29, 0.717) is 19.6 Å². The Hall–Kier alpha value is -2.34. The predicted molar refractivity (Wildman–Crippen MR) is 103 cm³/mol. The van der Waals surface area contributed by atoms with Gasteiger partial charge in [0.05, 0.1) is 24.8 Å². The molecule has 1 aliphatic rings. The fraction of sp³-hybridized carbons (Fsp3) is 0.524. The predicted octanol–water partition coefficient (Wildman–Crippen LogP) is 3.03. The van der Waals surface area contributed by atoms with Crippen LogP contribution in [0.3, 0.4) is 0 Å². The number of ether oxygens (including phenoxy) is 2. The number of carbonyl (C=O) groups is 1. The Bertz CT molecular complexity index is 721. The van der Waals surface area contributed by atoms with E-state index in [1.165, 1.54) is 5.56 Å². The highest BCUT2D eigenvalue weighted by atomic mass is 16.5. The van der Waals surface area contributed by atoms with Crippen LogP contribution in [0.5, 0.6) is 5.75 Å². The molecule has 6 heteroatoms. The van der Waals surface area contributed by atoms with Gasteiger partial charge in [0.1, 0.15) is 5.75 Å². The zero-order chi connectivity index (χ0) is 19.1. The molecular weight excluding hydrogens is 342 g/mol. The van der Waals surface area contributed by atoms with E-state index in [1.807, 2.05) is 61.4 Å². The molecule has 2 heterocycles. The highest BCUT2D eigenvalue weighted by molar-refractivity contribution is 5.77. The minimum Gasteiger partial charge on any atom is -0.494 e. The molecule has 0 saturated carbocycles. The van der Waals surface area contributed by atoms with E-state index in [9.17, 15) is 4.79 Å². The van der Waals surface area contributed by atoms with Gasteiger partial charge < -0.3 is 9.47 Å². The highest BCUT2D eigenvalue weighted by Gasteiger charge is 2.42. The molecule has 2 aromatic rings. The number of aromatic nitrogens is 2. The third kappa shape index (κ3) is 5.10. The maximum absolute atomic E-state index is 12.7. The number of carbonyl (C=O) groups excluding carboxylic acids is 1. The Morgan fingerprint density at radius 1 is 1.22 bits per heavy atom. The zero-order valence-electron chi connectivity index (χ0n) is 16.3. The molecule has 0 amide bonds. The van der Waals surface area contributed by atoms with Crippen molar-refractivity contribution in [2.24, 2.45) is 12.5 Å². The van der Waals surface area contributed by atoms with Crippen molar-refractivity contribution in [3.05, 3.63) is 48.3 Å². The van der Waals surface area contributed by atoms with Crippen LogP contribution in [-0.2, 0) is 23.1 Å². The van der Waals surface area contributed by atoms with Gasteiger partial charge in [-0.15, -0.1) is 0 Å². The van der Waals surface area contributed by atoms with E-state index in [-0.39, 0.29) is 5.97 Å². The van der Waals surface area contributed by atoms with Crippen LogP contribution in [0.4, 0.5) is 0 Å². The van der Waals surface area contributed by atoms with Crippen molar-refractivity contribution in [3.8, 4) is 5.75 Å².